The smallest absolute Gasteiger partial charge is 0.411 e. The maximum Gasteiger partial charge on any atom is 0.411 e. The number of nitrogens with zero attached hydrogens (tertiary/aromatic N) is 3. The molecule has 3 rings (SSSR count). The van der Waals surface area contributed by atoms with Gasteiger partial charge in [0.25, 0.3) is 0 Å². The number of benzene rings is 2. The molecular formula is C21H25N3O5S. The maximum absolute atomic E-state index is 12.5. The van der Waals surface area contributed by atoms with Gasteiger partial charge in [-0.25, -0.2) is 17.5 Å². The number of sulfonamides is 1. The highest BCUT2D eigenvalue weighted by molar-refractivity contribution is 7.89. The van der Waals surface area contributed by atoms with Gasteiger partial charge in [0.15, 0.2) is 0 Å². The minimum atomic E-state index is -3.56. The molecule has 0 fully saturated rings. The van der Waals surface area contributed by atoms with Gasteiger partial charge in [0.2, 0.25) is 15.9 Å². The van der Waals surface area contributed by atoms with E-state index in [1.54, 1.807) is 42.2 Å². The van der Waals surface area contributed by atoms with Crippen LogP contribution in [-0.2, 0) is 14.8 Å². The number of hydrogen-bond donors (Lipinski definition) is 1. The predicted octanol–water partition coefficient (Wildman–Crippen LogP) is 3.15. The first-order valence-electron chi connectivity index (χ1n) is 9.43. The lowest BCUT2D eigenvalue weighted by Crippen LogP contribution is -2.51. The molecule has 1 aliphatic rings. The Balaban J connectivity index is 2.12. The van der Waals surface area contributed by atoms with Crippen molar-refractivity contribution in [3.63, 3.8) is 0 Å². The molecule has 30 heavy (non-hydrogen) atoms. The van der Waals surface area contributed by atoms with E-state index < -0.39 is 16.1 Å². The molecule has 0 saturated heterocycles. The van der Waals surface area contributed by atoms with Crippen LogP contribution >= 0.6 is 0 Å². The van der Waals surface area contributed by atoms with E-state index in [2.05, 4.69) is 0 Å². The van der Waals surface area contributed by atoms with Crippen LogP contribution in [-0.4, -0.2) is 56.5 Å². The monoisotopic (exact) mass is 431 g/mol. The van der Waals surface area contributed by atoms with Gasteiger partial charge in [-0.3, -0.25) is 9.69 Å². The van der Waals surface area contributed by atoms with Crippen molar-refractivity contribution in [2.45, 2.75) is 31.7 Å². The number of hydrogen-bond acceptors (Lipinski definition) is 4. The molecule has 0 aromatic heterocycles. The average molecular weight is 432 g/mol. The minimum Gasteiger partial charge on any atom is -0.465 e. The summed E-state index contributed by atoms with van der Waals surface area (Å²) in [5, 5.41) is 9.66. The van der Waals surface area contributed by atoms with Crippen molar-refractivity contribution >= 4 is 33.4 Å². The van der Waals surface area contributed by atoms with Crippen LogP contribution < -0.4 is 9.80 Å². The van der Waals surface area contributed by atoms with E-state index in [0.717, 1.165) is 15.4 Å². The molecule has 1 aliphatic heterocycles. The number of carboxylic acid groups (broad SMARTS) is 1. The topological polar surface area (TPSA) is 98.2 Å². The number of carbonyl (C=O) groups is 2. The number of anilines is 2. The summed E-state index contributed by atoms with van der Waals surface area (Å²) < 4.78 is 26.1. The summed E-state index contributed by atoms with van der Waals surface area (Å²) in [5.41, 5.74) is 3.04. The molecule has 1 N–H and O–H groups in total. The highest BCUT2D eigenvalue weighted by Crippen LogP contribution is 2.39. The molecule has 2 aromatic rings. The lowest BCUT2D eigenvalue weighted by Gasteiger charge is -2.39. The van der Waals surface area contributed by atoms with E-state index in [1.807, 2.05) is 13.0 Å². The fourth-order valence-electron chi connectivity index (χ4n) is 3.78. The lowest BCUT2D eigenvalue weighted by atomic mass is 9.99. The van der Waals surface area contributed by atoms with Crippen molar-refractivity contribution in [3.8, 4) is 11.1 Å². The van der Waals surface area contributed by atoms with E-state index in [0.29, 0.717) is 16.9 Å². The van der Waals surface area contributed by atoms with Gasteiger partial charge >= 0.3 is 6.09 Å². The highest BCUT2D eigenvalue weighted by atomic mass is 32.2. The van der Waals surface area contributed by atoms with Crippen molar-refractivity contribution in [2.24, 2.45) is 0 Å². The van der Waals surface area contributed by atoms with Crippen LogP contribution in [0.15, 0.2) is 41.3 Å². The van der Waals surface area contributed by atoms with E-state index in [-0.39, 0.29) is 23.4 Å². The van der Waals surface area contributed by atoms with Crippen molar-refractivity contribution < 1.29 is 23.1 Å². The van der Waals surface area contributed by atoms with E-state index in [4.69, 9.17) is 0 Å². The quantitative estimate of drug-likeness (QED) is 0.805. The van der Waals surface area contributed by atoms with Gasteiger partial charge in [0.1, 0.15) is 0 Å². The number of carbonyl (C=O) groups excluding carboxylic acids is 1. The molecule has 1 heterocycles. The first-order valence-corrected chi connectivity index (χ1v) is 10.9. The van der Waals surface area contributed by atoms with Crippen molar-refractivity contribution in [2.75, 3.05) is 30.4 Å². The number of fused-ring (bicyclic) bond motifs is 1. The van der Waals surface area contributed by atoms with Crippen LogP contribution in [0.3, 0.4) is 0 Å². The maximum atomic E-state index is 12.5. The Morgan fingerprint density at radius 2 is 1.67 bits per heavy atom. The molecule has 8 nitrogen and oxygen atoms in total. The largest absolute Gasteiger partial charge is 0.465 e. The second kappa shape index (κ2) is 7.73. The Morgan fingerprint density at radius 1 is 1.07 bits per heavy atom. The molecule has 2 aromatic carbocycles. The van der Waals surface area contributed by atoms with Gasteiger partial charge in [-0.15, -0.1) is 0 Å². The number of aryl methyl sites for hydroxylation is 1. The van der Waals surface area contributed by atoms with Crippen LogP contribution in [0.5, 0.6) is 0 Å². The molecule has 1 atom stereocenters. The zero-order valence-electron chi connectivity index (χ0n) is 17.6. The van der Waals surface area contributed by atoms with Gasteiger partial charge in [0, 0.05) is 27.6 Å². The first kappa shape index (κ1) is 21.8. The molecule has 160 valence electrons. The zero-order valence-corrected chi connectivity index (χ0v) is 18.4. The van der Waals surface area contributed by atoms with Crippen molar-refractivity contribution in [1.82, 2.24) is 4.31 Å². The Kier molecular flexibility index (Phi) is 5.62. The summed E-state index contributed by atoms with van der Waals surface area (Å²) >= 11 is 0. The molecule has 0 spiro atoms. The van der Waals surface area contributed by atoms with Crippen LogP contribution in [0, 0.1) is 6.92 Å². The number of amides is 2. The zero-order chi connectivity index (χ0) is 22.4. The summed E-state index contributed by atoms with van der Waals surface area (Å²) in [6, 6.07) is 9.99. The average Bonchev–Trinajstić information content (AvgIpc) is 2.65. The van der Waals surface area contributed by atoms with Crippen molar-refractivity contribution in [1.29, 1.82) is 0 Å². The van der Waals surface area contributed by atoms with Crippen LogP contribution in [0.4, 0.5) is 16.2 Å². The molecular weight excluding hydrogens is 406 g/mol. The van der Waals surface area contributed by atoms with E-state index in [9.17, 15) is 23.1 Å². The van der Waals surface area contributed by atoms with Crippen LogP contribution in [0.1, 0.15) is 19.4 Å². The van der Waals surface area contributed by atoms with E-state index >= 15 is 0 Å². The fourth-order valence-corrected chi connectivity index (χ4v) is 4.88. The normalized spacial score (nSPS) is 16.5. The van der Waals surface area contributed by atoms with Gasteiger partial charge in [-0.1, -0.05) is 18.2 Å². The second-order valence-corrected chi connectivity index (χ2v) is 9.72. The molecule has 0 radical (unpaired) electrons. The van der Waals surface area contributed by atoms with Gasteiger partial charge in [-0.2, -0.15) is 0 Å². The van der Waals surface area contributed by atoms with E-state index in [1.165, 1.54) is 25.9 Å². The second-order valence-electron chi connectivity index (χ2n) is 7.60. The third-order valence-corrected chi connectivity index (χ3v) is 7.23. The van der Waals surface area contributed by atoms with Crippen LogP contribution in [0.25, 0.3) is 11.1 Å². The summed E-state index contributed by atoms with van der Waals surface area (Å²) in [6.07, 6.45) is -1.09. The molecule has 0 unspecified atom stereocenters. The van der Waals surface area contributed by atoms with Crippen molar-refractivity contribution in [3.05, 3.63) is 42.0 Å². The summed E-state index contributed by atoms with van der Waals surface area (Å²) in [4.78, 5) is 27.0. The summed E-state index contributed by atoms with van der Waals surface area (Å²) in [6.45, 7) is 5.16. The van der Waals surface area contributed by atoms with Gasteiger partial charge < -0.3 is 10.0 Å². The Morgan fingerprint density at radius 3 is 2.20 bits per heavy atom. The Labute approximate surface area is 176 Å². The molecule has 0 saturated carbocycles. The third-order valence-electron chi connectivity index (χ3n) is 5.25. The lowest BCUT2D eigenvalue weighted by molar-refractivity contribution is -0.117. The third kappa shape index (κ3) is 3.66. The minimum absolute atomic E-state index is 0.157. The molecule has 0 bridgehead atoms. The molecule has 2 amide bonds. The SMILES string of the molecule is CC(=O)N1c2ccc(-c3ccc(S(=O)(=O)N(C)C)c(C)c3)cc2N(C(=O)O)C[C@@H]1C. The molecule has 9 heteroatoms. The first-order chi connectivity index (χ1) is 13.9. The summed E-state index contributed by atoms with van der Waals surface area (Å²) in [5.74, 6) is -0.157. The van der Waals surface area contributed by atoms with Crippen LogP contribution in [0.2, 0.25) is 0 Å². The standard InChI is InChI=1S/C21H25N3O5S/c1-13-10-16(7-9-20(13)30(28,29)22(4)5)17-6-8-18-19(11-17)23(21(26)27)12-14(2)24(18)15(3)25/h6-11,14H,12H2,1-5H3,(H,26,27)/t14-/m0/s1. The number of rotatable bonds is 3. The van der Waals surface area contributed by atoms with Gasteiger partial charge in [0.05, 0.1) is 22.3 Å². The Bertz CT molecular complexity index is 1130. The molecule has 0 aliphatic carbocycles. The predicted molar refractivity (Wildman–Crippen MR) is 115 cm³/mol. The van der Waals surface area contributed by atoms with Gasteiger partial charge in [-0.05, 0) is 48.7 Å². The fraction of sp³-hybridized carbons (Fsp3) is 0.333. The Hall–Kier alpha value is -2.91. The summed E-state index contributed by atoms with van der Waals surface area (Å²) in [7, 11) is -0.599. The highest BCUT2D eigenvalue weighted by Gasteiger charge is 2.33.